The normalized spacial score (nSPS) is 10.9. The second-order valence-electron chi connectivity index (χ2n) is 5.00. The molecule has 2 aromatic rings. The van der Waals surface area contributed by atoms with Gasteiger partial charge in [0.05, 0.1) is 12.3 Å². The minimum absolute atomic E-state index is 0.181. The Kier molecular flexibility index (Phi) is 5.71. The number of benzene rings is 1. The zero-order valence-corrected chi connectivity index (χ0v) is 12.0. The third kappa shape index (κ3) is 4.44. The van der Waals surface area contributed by atoms with Crippen LogP contribution in [0.15, 0.2) is 48.7 Å². The van der Waals surface area contributed by atoms with Crippen LogP contribution < -0.4 is 0 Å². The highest BCUT2D eigenvalue weighted by molar-refractivity contribution is 5.18. The predicted octanol–water partition coefficient (Wildman–Crippen LogP) is 2.43. The molecular weight excluding hydrogens is 248 g/mol. The van der Waals surface area contributed by atoms with E-state index in [0.717, 1.165) is 25.2 Å². The summed E-state index contributed by atoms with van der Waals surface area (Å²) in [5.74, 6) is 0. The zero-order chi connectivity index (χ0) is 14.2. The summed E-state index contributed by atoms with van der Waals surface area (Å²) in [5.41, 5.74) is 3.62. The monoisotopic (exact) mass is 270 g/mol. The Morgan fingerprint density at radius 2 is 1.85 bits per heavy atom. The minimum Gasteiger partial charge on any atom is -0.395 e. The Bertz CT molecular complexity index is 513. The maximum Gasteiger partial charge on any atom is 0.0573 e. The molecule has 2 rings (SSSR count). The molecule has 3 nitrogen and oxygen atoms in total. The average molecular weight is 270 g/mol. The highest BCUT2D eigenvalue weighted by Crippen LogP contribution is 2.08. The number of aliphatic hydroxyl groups excluding tert-OH is 1. The van der Waals surface area contributed by atoms with Crippen molar-refractivity contribution < 1.29 is 5.11 Å². The first-order chi connectivity index (χ1) is 9.79. The van der Waals surface area contributed by atoms with Crippen molar-refractivity contribution in [3.05, 3.63) is 65.5 Å². The van der Waals surface area contributed by atoms with Crippen LogP contribution in [-0.2, 0) is 13.0 Å². The molecule has 0 radical (unpaired) electrons. The largest absolute Gasteiger partial charge is 0.395 e. The summed E-state index contributed by atoms with van der Waals surface area (Å²) in [6.45, 7) is 4.67. The maximum absolute atomic E-state index is 9.22. The fourth-order valence-corrected chi connectivity index (χ4v) is 2.24. The van der Waals surface area contributed by atoms with Crippen LogP contribution in [0.4, 0.5) is 0 Å². The van der Waals surface area contributed by atoms with Crippen LogP contribution in [0.2, 0.25) is 0 Å². The van der Waals surface area contributed by atoms with Gasteiger partial charge in [0.1, 0.15) is 0 Å². The number of aromatic nitrogens is 1. The molecule has 20 heavy (non-hydrogen) atoms. The summed E-state index contributed by atoms with van der Waals surface area (Å²) in [6, 6.07) is 14.5. The van der Waals surface area contributed by atoms with Crippen LogP contribution in [0, 0.1) is 6.92 Å². The number of nitrogens with zero attached hydrogens (tertiary/aromatic N) is 2. The van der Waals surface area contributed by atoms with E-state index in [4.69, 9.17) is 0 Å². The Morgan fingerprint density at radius 3 is 2.55 bits per heavy atom. The second kappa shape index (κ2) is 7.78. The van der Waals surface area contributed by atoms with E-state index in [0.29, 0.717) is 6.54 Å². The summed E-state index contributed by atoms with van der Waals surface area (Å²) in [4.78, 5) is 6.68. The molecule has 106 valence electrons. The molecule has 1 aromatic heterocycles. The molecule has 0 unspecified atom stereocenters. The predicted molar refractivity (Wildman–Crippen MR) is 81.5 cm³/mol. The van der Waals surface area contributed by atoms with Crippen molar-refractivity contribution in [2.75, 3.05) is 19.7 Å². The summed E-state index contributed by atoms with van der Waals surface area (Å²) in [5, 5.41) is 9.22. The van der Waals surface area contributed by atoms with Gasteiger partial charge in [-0.1, -0.05) is 36.4 Å². The lowest BCUT2D eigenvalue weighted by Gasteiger charge is -2.21. The molecule has 1 heterocycles. The molecule has 1 aromatic carbocycles. The Labute approximate surface area is 120 Å². The molecule has 0 saturated carbocycles. The standard InChI is InChI=1S/C17H22N2O/c1-15-6-5-10-18-17(15)14-19(12-13-20)11-9-16-7-3-2-4-8-16/h2-8,10,20H,9,11-14H2,1H3. The Hall–Kier alpha value is -1.71. The number of hydrogen-bond donors (Lipinski definition) is 1. The average Bonchev–Trinajstić information content (AvgIpc) is 2.48. The van der Waals surface area contributed by atoms with Crippen molar-refractivity contribution in [2.45, 2.75) is 19.9 Å². The molecule has 0 atom stereocenters. The van der Waals surface area contributed by atoms with Gasteiger partial charge in [-0.3, -0.25) is 9.88 Å². The summed E-state index contributed by atoms with van der Waals surface area (Å²) in [7, 11) is 0. The summed E-state index contributed by atoms with van der Waals surface area (Å²) in [6.07, 6.45) is 2.82. The van der Waals surface area contributed by atoms with E-state index in [1.807, 2.05) is 18.3 Å². The lowest BCUT2D eigenvalue weighted by molar-refractivity contribution is 0.190. The van der Waals surface area contributed by atoms with Gasteiger partial charge in [0, 0.05) is 25.8 Å². The molecule has 0 aliphatic heterocycles. The SMILES string of the molecule is Cc1cccnc1CN(CCO)CCc1ccccc1. The van der Waals surface area contributed by atoms with Gasteiger partial charge in [-0.2, -0.15) is 0 Å². The van der Waals surface area contributed by atoms with Gasteiger partial charge in [0.2, 0.25) is 0 Å². The molecule has 1 N–H and O–H groups in total. The lowest BCUT2D eigenvalue weighted by Crippen LogP contribution is -2.29. The van der Waals surface area contributed by atoms with Gasteiger partial charge >= 0.3 is 0 Å². The van der Waals surface area contributed by atoms with E-state index in [9.17, 15) is 5.11 Å². The van der Waals surface area contributed by atoms with Crippen LogP contribution >= 0.6 is 0 Å². The summed E-state index contributed by atoms with van der Waals surface area (Å²) >= 11 is 0. The fraction of sp³-hybridized carbons (Fsp3) is 0.353. The molecule has 0 aliphatic carbocycles. The van der Waals surface area contributed by atoms with E-state index >= 15 is 0 Å². The molecule has 0 amide bonds. The van der Waals surface area contributed by atoms with Crippen LogP contribution in [0.3, 0.4) is 0 Å². The van der Waals surface area contributed by atoms with Crippen LogP contribution in [0.1, 0.15) is 16.8 Å². The van der Waals surface area contributed by atoms with E-state index in [-0.39, 0.29) is 6.61 Å². The molecule has 0 spiro atoms. The van der Waals surface area contributed by atoms with E-state index < -0.39 is 0 Å². The highest BCUT2D eigenvalue weighted by Gasteiger charge is 2.08. The topological polar surface area (TPSA) is 36.4 Å². The van der Waals surface area contributed by atoms with Crippen LogP contribution in [-0.4, -0.2) is 34.7 Å². The summed E-state index contributed by atoms with van der Waals surface area (Å²) < 4.78 is 0. The molecule has 3 heteroatoms. The Morgan fingerprint density at radius 1 is 1.05 bits per heavy atom. The van der Waals surface area contributed by atoms with Gasteiger partial charge in [-0.05, 0) is 30.5 Å². The van der Waals surface area contributed by atoms with Crippen molar-refractivity contribution in [2.24, 2.45) is 0 Å². The number of aryl methyl sites for hydroxylation is 1. The zero-order valence-electron chi connectivity index (χ0n) is 12.0. The first-order valence-corrected chi connectivity index (χ1v) is 7.07. The molecule has 0 aliphatic rings. The quantitative estimate of drug-likeness (QED) is 0.839. The van der Waals surface area contributed by atoms with Gasteiger partial charge in [-0.15, -0.1) is 0 Å². The van der Waals surface area contributed by atoms with Crippen molar-refractivity contribution in [3.8, 4) is 0 Å². The molecule has 0 bridgehead atoms. The van der Waals surface area contributed by atoms with Crippen molar-refractivity contribution >= 4 is 0 Å². The molecule has 0 fully saturated rings. The second-order valence-corrected chi connectivity index (χ2v) is 5.00. The van der Waals surface area contributed by atoms with E-state index in [1.165, 1.54) is 11.1 Å². The van der Waals surface area contributed by atoms with Crippen molar-refractivity contribution in [1.29, 1.82) is 0 Å². The van der Waals surface area contributed by atoms with Gasteiger partial charge in [0.25, 0.3) is 0 Å². The smallest absolute Gasteiger partial charge is 0.0573 e. The number of rotatable bonds is 7. The Balaban J connectivity index is 1.95. The first kappa shape index (κ1) is 14.7. The highest BCUT2D eigenvalue weighted by atomic mass is 16.3. The van der Waals surface area contributed by atoms with Crippen molar-refractivity contribution in [3.63, 3.8) is 0 Å². The number of aliphatic hydroxyl groups is 1. The minimum atomic E-state index is 0.181. The van der Waals surface area contributed by atoms with E-state index in [2.05, 4.69) is 47.1 Å². The van der Waals surface area contributed by atoms with E-state index in [1.54, 1.807) is 0 Å². The maximum atomic E-state index is 9.22. The first-order valence-electron chi connectivity index (χ1n) is 7.07. The molecule has 0 saturated heterocycles. The van der Waals surface area contributed by atoms with Gasteiger partial charge < -0.3 is 5.11 Å². The van der Waals surface area contributed by atoms with Crippen LogP contribution in [0.5, 0.6) is 0 Å². The third-order valence-corrected chi connectivity index (χ3v) is 3.47. The third-order valence-electron chi connectivity index (χ3n) is 3.47. The number of pyridine rings is 1. The molecular formula is C17H22N2O. The van der Waals surface area contributed by atoms with Crippen molar-refractivity contribution in [1.82, 2.24) is 9.88 Å². The van der Waals surface area contributed by atoms with Crippen LogP contribution in [0.25, 0.3) is 0 Å². The van der Waals surface area contributed by atoms with Gasteiger partial charge in [-0.25, -0.2) is 0 Å². The lowest BCUT2D eigenvalue weighted by atomic mass is 10.1. The number of hydrogen-bond acceptors (Lipinski definition) is 3. The van der Waals surface area contributed by atoms with Gasteiger partial charge in [0.15, 0.2) is 0 Å². The fourth-order valence-electron chi connectivity index (χ4n) is 2.24.